The zero-order chi connectivity index (χ0) is 22.1. The van der Waals surface area contributed by atoms with Crippen LogP contribution in [0.25, 0.3) is 0 Å². The highest BCUT2D eigenvalue weighted by molar-refractivity contribution is 14.0. The smallest absolute Gasteiger partial charge is 0.406 e. The highest BCUT2D eigenvalue weighted by Crippen LogP contribution is 2.23. The molecule has 0 saturated carbocycles. The number of nitrogens with one attached hydrogen (secondary N) is 1. The number of hydrogen-bond donors (Lipinski definition) is 2. The van der Waals surface area contributed by atoms with E-state index >= 15 is 0 Å². The minimum atomic E-state index is -4.71. The molecular formula is C20H28F3IN4O2S. The lowest BCUT2D eigenvalue weighted by Gasteiger charge is -2.22. The third kappa shape index (κ3) is 10.0. The average molecular weight is 572 g/mol. The van der Waals surface area contributed by atoms with Gasteiger partial charge in [0.1, 0.15) is 5.75 Å². The number of aliphatic hydroxyl groups is 1. The predicted octanol–water partition coefficient (Wildman–Crippen LogP) is 4.22. The molecule has 1 unspecified atom stereocenters. The molecule has 0 amide bonds. The van der Waals surface area contributed by atoms with E-state index in [1.807, 2.05) is 31.2 Å². The Balaban J connectivity index is 0.00000480. The number of benzene rings is 1. The highest BCUT2D eigenvalue weighted by atomic mass is 127. The van der Waals surface area contributed by atoms with Crippen LogP contribution in [-0.2, 0) is 13.0 Å². The molecule has 0 aliphatic heterocycles. The predicted molar refractivity (Wildman–Crippen MR) is 127 cm³/mol. The lowest BCUT2D eigenvalue weighted by Crippen LogP contribution is -2.39. The Morgan fingerprint density at radius 1 is 1.32 bits per heavy atom. The molecule has 0 fully saturated rings. The molecule has 0 aliphatic rings. The molecular weight excluding hydrogens is 544 g/mol. The van der Waals surface area contributed by atoms with E-state index in [9.17, 15) is 18.3 Å². The summed E-state index contributed by atoms with van der Waals surface area (Å²) in [5.41, 5.74) is 1.76. The normalized spacial score (nSPS) is 12.8. The van der Waals surface area contributed by atoms with Gasteiger partial charge in [-0.25, -0.2) is 4.98 Å². The van der Waals surface area contributed by atoms with Gasteiger partial charge < -0.3 is 20.1 Å². The summed E-state index contributed by atoms with van der Waals surface area (Å²) in [7, 11) is 1.92. The molecule has 0 radical (unpaired) electrons. The number of aromatic nitrogens is 1. The number of aliphatic imine (C=N–C) groups is 1. The van der Waals surface area contributed by atoms with Crippen LogP contribution >= 0.6 is 35.3 Å². The number of aliphatic hydroxyl groups excluding tert-OH is 1. The van der Waals surface area contributed by atoms with Crippen LogP contribution in [0.4, 0.5) is 13.2 Å². The minimum absolute atomic E-state index is 0. The van der Waals surface area contributed by atoms with E-state index in [1.54, 1.807) is 23.5 Å². The molecule has 0 spiro atoms. The van der Waals surface area contributed by atoms with Crippen molar-refractivity contribution in [2.24, 2.45) is 10.9 Å². The Bertz CT molecular complexity index is 816. The molecule has 0 bridgehead atoms. The second-order valence-electron chi connectivity index (χ2n) is 6.85. The molecule has 174 valence electrons. The first kappa shape index (κ1) is 27.4. The number of alkyl halides is 3. The van der Waals surface area contributed by atoms with E-state index in [2.05, 4.69) is 20.0 Å². The van der Waals surface area contributed by atoms with Gasteiger partial charge >= 0.3 is 6.36 Å². The van der Waals surface area contributed by atoms with Crippen molar-refractivity contribution in [2.45, 2.75) is 33.2 Å². The number of thiazole rings is 1. The fourth-order valence-corrected chi connectivity index (χ4v) is 3.44. The van der Waals surface area contributed by atoms with Crippen LogP contribution < -0.4 is 10.1 Å². The number of guanidine groups is 1. The summed E-state index contributed by atoms with van der Waals surface area (Å²) in [5, 5.41) is 16.0. The van der Waals surface area contributed by atoms with Crippen molar-refractivity contribution >= 4 is 41.3 Å². The molecule has 0 saturated heterocycles. The summed E-state index contributed by atoms with van der Waals surface area (Å²) in [6.07, 6.45) is -4.23. The maximum atomic E-state index is 12.3. The molecule has 2 rings (SSSR count). The molecule has 6 nitrogen and oxygen atoms in total. The van der Waals surface area contributed by atoms with Gasteiger partial charge in [-0.2, -0.15) is 0 Å². The lowest BCUT2D eigenvalue weighted by atomic mass is 10.0. The van der Waals surface area contributed by atoms with Crippen molar-refractivity contribution in [2.75, 3.05) is 26.7 Å². The van der Waals surface area contributed by atoms with Gasteiger partial charge in [0.2, 0.25) is 0 Å². The first-order chi connectivity index (χ1) is 14.2. The minimum Gasteiger partial charge on any atom is -0.406 e. The molecule has 1 aromatic carbocycles. The van der Waals surface area contributed by atoms with Gasteiger partial charge in [0.25, 0.3) is 0 Å². The topological polar surface area (TPSA) is 70.0 Å². The lowest BCUT2D eigenvalue weighted by molar-refractivity contribution is -0.274. The molecule has 0 aliphatic carbocycles. The van der Waals surface area contributed by atoms with Crippen LogP contribution in [0.3, 0.4) is 0 Å². The number of hydrogen-bond acceptors (Lipinski definition) is 5. The van der Waals surface area contributed by atoms with Gasteiger partial charge in [-0.3, -0.25) is 4.99 Å². The van der Waals surface area contributed by atoms with Gasteiger partial charge in [0.05, 0.1) is 17.2 Å². The van der Waals surface area contributed by atoms with Gasteiger partial charge in [-0.1, -0.05) is 12.1 Å². The van der Waals surface area contributed by atoms with Gasteiger partial charge in [0.15, 0.2) is 5.96 Å². The quantitative estimate of drug-likeness (QED) is 0.268. The summed E-state index contributed by atoms with van der Waals surface area (Å²) < 4.78 is 40.7. The monoisotopic (exact) mass is 572 g/mol. The molecule has 31 heavy (non-hydrogen) atoms. The van der Waals surface area contributed by atoms with Gasteiger partial charge in [-0.05, 0) is 38.0 Å². The second-order valence-corrected chi connectivity index (χ2v) is 7.92. The van der Waals surface area contributed by atoms with Gasteiger partial charge in [0, 0.05) is 38.0 Å². The summed E-state index contributed by atoms with van der Waals surface area (Å²) in [4.78, 5) is 11.1. The van der Waals surface area contributed by atoms with Crippen LogP contribution in [0.1, 0.15) is 23.2 Å². The Hall–Kier alpha value is -1.60. The van der Waals surface area contributed by atoms with Crippen molar-refractivity contribution in [3.05, 3.63) is 45.9 Å². The molecule has 1 aromatic heterocycles. The van der Waals surface area contributed by atoms with Gasteiger partial charge in [-0.15, -0.1) is 48.5 Å². The number of nitrogens with zero attached hydrogens (tertiary/aromatic N) is 3. The third-order valence-corrected chi connectivity index (χ3v) is 5.02. The fourth-order valence-electron chi connectivity index (χ4n) is 2.83. The molecule has 1 heterocycles. The van der Waals surface area contributed by atoms with Crippen molar-refractivity contribution in [1.82, 2.24) is 15.2 Å². The van der Waals surface area contributed by atoms with Crippen LogP contribution in [-0.4, -0.2) is 54.1 Å². The van der Waals surface area contributed by atoms with E-state index < -0.39 is 6.36 Å². The van der Waals surface area contributed by atoms with E-state index in [0.29, 0.717) is 32.0 Å². The first-order valence-electron chi connectivity index (χ1n) is 9.56. The third-order valence-electron chi connectivity index (χ3n) is 4.20. The summed E-state index contributed by atoms with van der Waals surface area (Å²) >= 11 is 1.60. The van der Waals surface area contributed by atoms with Crippen molar-refractivity contribution in [1.29, 1.82) is 0 Å². The summed E-state index contributed by atoms with van der Waals surface area (Å²) in [5.74, 6) is 0.275. The molecule has 1 atom stereocenters. The molecule has 2 N–H and O–H groups in total. The van der Waals surface area contributed by atoms with Crippen LogP contribution in [0, 0.1) is 12.8 Å². The molecule has 2 aromatic rings. The van der Waals surface area contributed by atoms with Crippen molar-refractivity contribution in [3.63, 3.8) is 0 Å². The Labute approximate surface area is 201 Å². The Morgan fingerprint density at radius 3 is 2.52 bits per heavy atom. The zero-order valence-corrected chi connectivity index (χ0v) is 20.8. The molecule has 11 heteroatoms. The maximum Gasteiger partial charge on any atom is 0.573 e. The summed E-state index contributed by atoms with van der Waals surface area (Å²) in [6.45, 7) is 5.54. The maximum absolute atomic E-state index is 12.3. The van der Waals surface area contributed by atoms with Crippen LogP contribution in [0.5, 0.6) is 5.75 Å². The SMILES string of the molecule is CCNC(=NCC(CO)Cc1ccc(OC(F)(F)F)cc1)N(C)Cc1csc(C)n1.I. The standard InChI is InChI=1S/C20H27F3N4O2S.HI/c1-4-24-19(27(3)11-17-13-30-14(2)26-17)25-10-16(12-28)9-15-5-7-18(8-6-15)29-20(21,22)23;/h5-8,13,16,28H,4,9-12H2,1-3H3,(H,24,25);1H. The Morgan fingerprint density at radius 2 is 2.00 bits per heavy atom. The number of ether oxygens (including phenoxy) is 1. The first-order valence-corrected chi connectivity index (χ1v) is 10.4. The van der Waals surface area contributed by atoms with E-state index in [0.717, 1.165) is 16.3 Å². The highest BCUT2D eigenvalue weighted by Gasteiger charge is 2.31. The van der Waals surface area contributed by atoms with E-state index in [4.69, 9.17) is 0 Å². The average Bonchev–Trinajstić information content (AvgIpc) is 3.08. The van der Waals surface area contributed by atoms with Crippen LogP contribution in [0.15, 0.2) is 34.6 Å². The largest absolute Gasteiger partial charge is 0.573 e. The fraction of sp³-hybridized carbons (Fsp3) is 0.500. The number of aryl methyl sites for hydroxylation is 1. The Kier molecular flexibility index (Phi) is 11.6. The van der Waals surface area contributed by atoms with E-state index in [-0.39, 0.29) is 42.3 Å². The van der Waals surface area contributed by atoms with Crippen molar-refractivity contribution in [3.8, 4) is 5.75 Å². The number of halogens is 4. The summed E-state index contributed by atoms with van der Waals surface area (Å²) in [6, 6.07) is 5.67. The van der Waals surface area contributed by atoms with Crippen molar-refractivity contribution < 1.29 is 23.0 Å². The second kappa shape index (κ2) is 13.1. The van der Waals surface area contributed by atoms with E-state index in [1.165, 1.54) is 12.1 Å². The van der Waals surface area contributed by atoms with Crippen LogP contribution in [0.2, 0.25) is 0 Å². The zero-order valence-electron chi connectivity index (χ0n) is 17.6. The number of rotatable bonds is 9.